The lowest BCUT2D eigenvalue weighted by Crippen LogP contribution is -2.56. The summed E-state index contributed by atoms with van der Waals surface area (Å²) in [6.45, 7) is 7.19. The van der Waals surface area contributed by atoms with E-state index < -0.39 is 21.5 Å². The van der Waals surface area contributed by atoms with E-state index in [0.717, 1.165) is 16.8 Å². The summed E-state index contributed by atoms with van der Waals surface area (Å²) in [5.41, 5.74) is 1.77. The molecule has 1 unspecified atom stereocenters. The molecule has 4 rings (SSSR count). The smallest absolute Gasteiger partial charge is 0.247 e. The summed E-state index contributed by atoms with van der Waals surface area (Å²) in [6, 6.07) is 16.5. The van der Waals surface area contributed by atoms with Crippen LogP contribution in [0.25, 0.3) is 0 Å². The SMILES string of the molecule is CC(C)(C)C(=O)NC(COCc1ccccc1)C(=O)N1CCC2(CC1)CN(S(C)(=O)=O)c1ccccc12. The zero-order valence-corrected chi connectivity index (χ0v) is 22.9. The predicted octanol–water partition coefficient (Wildman–Crippen LogP) is 3.07. The molecule has 2 aromatic rings. The van der Waals surface area contributed by atoms with Crippen LogP contribution in [0.15, 0.2) is 54.6 Å². The van der Waals surface area contributed by atoms with Crippen molar-refractivity contribution in [3.63, 3.8) is 0 Å². The number of likely N-dealkylation sites (tertiary alicyclic amines) is 1. The quantitative estimate of drug-likeness (QED) is 0.597. The van der Waals surface area contributed by atoms with Gasteiger partial charge in [0.05, 0.1) is 25.2 Å². The molecular weight excluding hydrogens is 490 g/mol. The molecule has 0 aromatic heterocycles. The molecule has 2 aliphatic heterocycles. The number of fused-ring (bicyclic) bond motifs is 2. The Morgan fingerprint density at radius 3 is 2.27 bits per heavy atom. The van der Waals surface area contributed by atoms with Gasteiger partial charge in [-0.3, -0.25) is 13.9 Å². The number of rotatable bonds is 7. The summed E-state index contributed by atoms with van der Waals surface area (Å²) >= 11 is 0. The monoisotopic (exact) mass is 527 g/mol. The van der Waals surface area contributed by atoms with Gasteiger partial charge >= 0.3 is 0 Å². The summed E-state index contributed by atoms with van der Waals surface area (Å²) in [6.07, 6.45) is 2.53. The fourth-order valence-electron chi connectivity index (χ4n) is 5.10. The second-order valence-corrected chi connectivity index (χ2v) is 13.1. The first-order chi connectivity index (χ1) is 17.4. The van der Waals surface area contributed by atoms with Gasteiger partial charge in [0.25, 0.3) is 0 Å². The molecule has 2 aliphatic rings. The largest absolute Gasteiger partial charge is 0.374 e. The minimum absolute atomic E-state index is 0.0713. The van der Waals surface area contributed by atoms with E-state index >= 15 is 0 Å². The van der Waals surface area contributed by atoms with Crippen molar-refractivity contribution in [1.29, 1.82) is 0 Å². The van der Waals surface area contributed by atoms with Crippen molar-refractivity contribution in [1.82, 2.24) is 10.2 Å². The number of anilines is 1. The van der Waals surface area contributed by atoms with Crippen molar-refractivity contribution in [2.75, 3.05) is 36.8 Å². The highest BCUT2D eigenvalue weighted by Crippen LogP contribution is 2.47. The lowest BCUT2D eigenvalue weighted by atomic mass is 9.74. The molecule has 2 aromatic carbocycles. The standard InChI is InChI=1S/C28H37N3O5S/c1-27(2,3)26(33)29-23(19-36-18-21-10-6-5-7-11-21)25(32)30-16-14-28(15-17-30)20-31(37(4,34)35)24-13-9-8-12-22(24)28/h5-13,23H,14-20H2,1-4H3,(H,29,33). The molecule has 200 valence electrons. The number of benzene rings is 2. The highest BCUT2D eigenvalue weighted by Gasteiger charge is 2.48. The molecule has 2 heterocycles. The summed E-state index contributed by atoms with van der Waals surface area (Å²) in [7, 11) is -3.41. The second-order valence-electron chi connectivity index (χ2n) is 11.2. The zero-order valence-electron chi connectivity index (χ0n) is 22.1. The summed E-state index contributed by atoms with van der Waals surface area (Å²) < 4.78 is 32.3. The van der Waals surface area contributed by atoms with E-state index in [4.69, 9.17) is 4.74 Å². The molecule has 0 saturated carbocycles. The fraction of sp³-hybridized carbons (Fsp3) is 0.500. The van der Waals surface area contributed by atoms with Crippen LogP contribution in [0, 0.1) is 5.41 Å². The molecule has 1 saturated heterocycles. The number of amides is 2. The van der Waals surface area contributed by atoms with E-state index in [1.54, 1.807) is 4.90 Å². The first-order valence-electron chi connectivity index (χ1n) is 12.7. The molecule has 1 N–H and O–H groups in total. The van der Waals surface area contributed by atoms with Crippen LogP contribution in [0.1, 0.15) is 44.7 Å². The third-order valence-electron chi connectivity index (χ3n) is 7.30. The van der Waals surface area contributed by atoms with Crippen molar-refractivity contribution in [3.05, 3.63) is 65.7 Å². The van der Waals surface area contributed by atoms with Gasteiger partial charge in [0.1, 0.15) is 6.04 Å². The summed E-state index contributed by atoms with van der Waals surface area (Å²) in [5, 5.41) is 2.90. The van der Waals surface area contributed by atoms with Gasteiger partial charge in [-0.05, 0) is 30.0 Å². The van der Waals surface area contributed by atoms with Crippen LogP contribution in [0.3, 0.4) is 0 Å². The third kappa shape index (κ3) is 5.99. The molecule has 1 atom stereocenters. The van der Waals surface area contributed by atoms with Gasteiger partial charge in [-0.15, -0.1) is 0 Å². The van der Waals surface area contributed by atoms with Gasteiger partial charge in [-0.2, -0.15) is 0 Å². The molecule has 1 fully saturated rings. The van der Waals surface area contributed by atoms with Crippen LogP contribution < -0.4 is 9.62 Å². The van der Waals surface area contributed by atoms with Crippen LogP contribution in [0.2, 0.25) is 0 Å². The number of nitrogens with one attached hydrogen (secondary N) is 1. The second kappa shape index (κ2) is 10.5. The lowest BCUT2D eigenvalue weighted by Gasteiger charge is -2.41. The first-order valence-corrected chi connectivity index (χ1v) is 14.5. The van der Waals surface area contributed by atoms with Crippen molar-refractivity contribution in [2.24, 2.45) is 5.41 Å². The van der Waals surface area contributed by atoms with Crippen LogP contribution >= 0.6 is 0 Å². The number of para-hydroxylation sites is 1. The molecule has 0 radical (unpaired) electrons. The Balaban J connectivity index is 1.46. The van der Waals surface area contributed by atoms with Crippen LogP contribution in [0.4, 0.5) is 5.69 Å². The molecule has 2 amide bonds. The van der Waals surface area contributed by atoms with Crippen LogP contribution in [0.5, 0.6) is 0 Å². The first kappa shape index (κ1) is 27.1. The van der Waals surface area contributed by atoms with Crippen molar-refractivity contribution in [3.8, 4) is 0 Å². The number of hydrogen-bond acceptors (Lipinski definition) is 5. The number of piperidine rings is 1. The van der Waals surface area contributed by atoms with Gasteiger partial charge in [0.2, 0.25) is 21.8 Å². The fourth-order valence-corrected chi connectivity index (χ4v) is 6.10. The lowest BCUT2D eigenvalue weighted by molar-refractivity contribution is -0.141. The molecule has 37 heavy (non-hydrogen) atoms. The Hall–Kier alpha value is -2.91. The summed E-state index contributed by atoms with van der Waals surface area (Å²) in [4.78, 5) is 28.1. The molecule has 1 spiro atoms. The maximum absolute atomic E-state index is 13.6. The molecule has 0 bridgehead atoms. The van der Waals surface area contributed by atoms with E-state index in [1.165, 1.54) is 10.6 Å². The van der Waals surface area contributed by atoms with Gasteiger partial charge < -0.3 is 15.0 Å². The maximum Gasteiger partial charge on any atom is 0.247 e. The van der Waals surface area contributed by atoms with Gasteiger partial charge in [-0.25, -0.2) is 8.42 Å². The van der Waals surface area contributed by atoms with E-state index in [0.29, 0.717) is 39.1 Å². The zero-order chi connectivity index (χ0) is 26.8. The average Bonchev–Trinajstić information content (AvgIpc) is 3.18. The van der Waals surface area contributed by atoms with E-state index in [2.05, 4.69) is 5.32 Å². The third-order valence-corrected chi connectivity index (χ3v) is 8.43. The number of ether oxygens (including phenoxy) is 1. The molecule has 9 heteroatoms. The predicted molar refractivity (Wildman–Crippen MR) is 144 cm³/mol. The molecule has 0 aliphatic carbocycles. The highest BCUT2D eigenvalue weighted by molar-refractivity contribution is 7.92. The highest BCUT2D eigenvalue weighted by atomic mass is 32.2. The van der Waals surface area contributed by atoms with Gasteiger partial charge in [-0.1, -0.05) is 69.3 Å². The molecule has 8 nitrogen and oxygen atoms in total. The van der Waals surface area contributed by atoms with E-state index in [9.17, 15) is 18.0 Å². The number of carbonyl (C=O) groups is 2. The Morgan fingerprint density at radius 2 is 1.65 bits per heavy atom. The Labute approximate surface area is 220 Å². The minimum Gasteiger partial charge on any atom is -0.374 e. The topological polar surface area (TPSA) is 96.0 Å². The van der Waals surface area contributed by atoms with Gasteiger partial charge in [0.15, 0.2) is 0 Å². The molecular formula is C28H37N3O5S. The van der Waals surface area contributed by atoms with E-state index in [1.807, 2.05) is 75.4 Å². The van der Waals surface area contributed by atoms with Crippen LogP contribution in [-0.4, -0.2) is 63.7 Å². The Kier molecular flexibility index (Phi) is 7.67. The number of sulfonamides is 1. The number of nitrogens with zero attached hydrogens (tertiary/aromatic N) is 2. The Morgan fingerprint density at radius 1 is 1.03 bits per heavy atom. The average molecular weight is 528 g/mol. The van der Waals surface area contributed by atoms with Crippen molar-refractivity contribution < 1.29 is 22.7 Å². The van der Waals surface area contributed by atoms with Crippen molar-refractivity contribution in [2.45, 2.75) is 51.7 Å². The number of hydrogen-bond donors (Lipinski definition) is 1. The van der Waals surface area contributed by atoms with Gasteiger partial charge in [0, 0.05) is 30.5 Å². The van der Waals surface area contributed by atoms with E-state index in [-0.39, 0.29) is 23.8 Å². The van der Waals surface area contributed by atoms with Crippen molar-refractivity contribution >= 4 is 27.5 Å². The minimum atomic E-state index is -3.41. The summed E-state index contributed by atoms with van der Waals surface area (Å²) in [5.74, 6) is -0.386. The Bertz CT molecular complexity index is 1230. The maximum atomic E-state index is 13.6. The van der Waals surface area contributed by atoms with Crippen LogP contribution in [-0.2, 0) is 36.4 Å². The normalized spacial score (nSPS) is 17.9. The number of carbonyl (C=O) groups excluding carboxylic acids is 2.